The van der Waals surface area contributed by atoms with Gasteiger partial charge in [-0.05, 0) is 12.0 Å². The Morgan fingerprint density at radius 3 is 2.25 bits per heavy atom. The lowest BCUT2D eigenvalue weighted by Crippen LogP contribution is -2.11. The highest BCUT2D eigenvalue weighted by molar-refractivity contribution is 6.30. The van der Waals surface area contributed by atoms with Crippen LogP contribution in [0.1, 0.15) is 31.2 Å². The summed E-state index contributed by atoms with van der Waals surface area (Å²) in [7, 11) is 0. The molecule has 1 aromatic rings. The van der Waals surface area contributed by atoms with Crippen LogP contribution in [0, 0.1) is 5.92 Å². The van der Waals surface area contributed by atoms with Gasteiger partial charge in [0.1, 0.15) is 10.8 Å². The molecule has 6 heteroatoms. The van der Waals surface area contributed by atoms with Crippen molar-refractivity contribution in [1.29, 1.82) is 0 Å². The van der Waals surface area contributed by atoms with E-state index in [0.29, 0.717) is 0 Å². The Hall–Kier alpha value is -0.810. The minimum Gasteiger partial charge on any atom is -0.388 e. The molecule has 0 aliphatic rings. The van der Waals surface area contributed by atoms with Crippen molar-refractivity contribution >= 4 is 11.6 Å². The van der Waals surface area contributed by atoms with E-state index in [9.17, 15) is 18.3 Å². The van der Waals surface area contributed by atoms with Gasteiger partial charge < -0.3 is 5.11 Å². The summed E-state index contributed by atoms with van der Waals surface area (Å²) in [5, 5.41) is 9.36. The number of aromatic nitrogens is 1. The predicted octanol–water partition coefficient (Wildman–Crippen LogP) is 3.44. The molecule has 0 spiro atoms. The van der Waals surface area contributed by atoms with Gasteiger partial charge in [0.2, 0.25) is 0 Å². The van der Waals surface area contributed by atoms with E-state index in [-0.39, 0.29) is 16.6 Å². The molecule has 0 aliphatic heterocycles. The lowest BCUT2D eigenvalue weighted by atomic mass is 10.0. The van der Waals surface area contributed by atoms with Gasteiger partial charge in [-0.2, -0.15) is 13.2 Å². The lowest BCUT2D eigenvalue weighted by molar-refractivity contribution is -0.141. The molecule has 0 radical (unpaired) electrons. The third kappa shape index (κ3) is 2.86. The highest BCUT2D eigenvalue weighted by Crippen LogP contribution is 2.32. The highest BCUT2D eigenvalue weighted by atomic mass is 35.5. The highest BCUT2D eigenvalue weighted by Gasteiger charge is 2.33. The summed E-state index contributed by atoms with van der Waals surface area (Å²) in [6.45, 7) is 3.47. The fourth-order valence-corrected chi connectivity index (χ4v) is 1.45. The Morgan fingerprint density at radius 1 is 1.31 bits per heavy atom. The van der Waals surface area contributed by atoms with Crippen molar-refractivity contribution in [2.75, 3.05) is 0 Å². The Kier molecular flexibility index (Phi) is 3.80. The zero-order valence-electron chi connectivity index (χ0n) is 8.72. The average Bonchev–Trinajstić information content (AvgIpc) is 2.15. The van der Waals surface area contributed by atoms with Crippen LogP contribution in [-0.4, -0.2) is 10.1 Å². The molecule has 1 rings (SSSR count). The van der Waals surface area contributed by atoms with E-state index in [0.717, 1.165) is 12.1 Å². The van der Waals surface area contributed by atoms with Crippen molar-refractivity contribution in [3.05, 3.63) is 28.5 Å². The van der Waals surface area contributed by atoms with Crippen LogP contribution in [0.4, 0.5) is 13.2 Å². The molecule has 0 aromatic carbocycles. The van der Waals surface area contributed by atoms with Gasteiger partial charge in [-0.25, -0.2) is 4.98 Å². The van der Waals surface area contributed by atoms with Crippen LogP contribution in [0.5, 0.6) is 0 Å². The van der Waals surface area contributed by atoms with E-state index < -0.39 is 18.0 Å². The molecule has 0 bridgehead atoms. The zero-order valence-corrected chi connectivity index (χ0v) is 9.47. The smallest absolute Gasteiger partial charge is 0.388 e. The fraction of sp³-hybridized carbons (Fsp3) is 0.500. The number of pyridine rings is 1. The van der Waals surface area contributed by atoms with E-state index in [1.807, 2.05) is 0 Å². The minimum atomic E-state index is -4.52. The van der Waals surface area contributed by atoms with Crippen LogP contribution in [0.25, 0.3) is 0 Å². The van der Waals surface area contributed by atoms with Gasteiger partial charge in [0.25, 0.3) is 0 Å². The molecule has 90 valence electrons. The number of rotatable bonds is 2. The van der Waals surface area contributed by atoms with Gasteiger partial charge >= 0.3 is 6.18 Å². The van der Waals surface area contributed by atoms with Gasteiger partial charge in [0, 0.05) is 5.56 Å². The molecule has 0 saturated carbocycles. The molecule has 0 aliphatic carbocycles. The maximum absolute atomic E-state index is 12.3. The number of halogens is 4. The van der Waals surface area contributed by atoms with Gasteiger partial charge in [-0.15, -0.1) is 0 Å². The van der Waals surface area contributed by atoms with Crippen molar-refractivity contribution in [3.63, 3.8) is 0 Å². The lowest BCUT2D eigenvalue weighted by Gasteiger charge is -2.16. The van der Waals surface area contributed by atoms with Gasteiger partial charge in [0.05, 0.1) is 6.10 Å². The SMILES string of the molecule is CC(C)C(O)c1ccc(C(F)(F)F)nc1Cl. The van der Waals surface area contributed by atoms with E-state index in [4.69, 9.17) is 11.6 Å². The van der Waals surface area contributed by atoms with Gasteiger partial charge in [-0.1, -0.05) is 31.5 Å². The summed E-state index contributed by atoms with van der Waals surface area (Å²) >= 11 is 5.60. The molecule has 0 fully saturated rings. The van der Waals surface area contributed by atoms with Crippen LogP contribution in [0.2, 0.25) is 5.15 Å². The number of aliphatic hydroxyl groups excluding tert-OH is 1. The molecule has 1 N–H and O–H groups in total. The number of alkyl halides is 3. The van der Waals surface area contributed by atoms with Crippen LogP contribution < -0.4 is 0 Å². The molecule has 1 aromatic heterocycles. The van der Waals surface area contributed by atoms with Crippen molar-refractivity contribution in [3.8, 4) is 0 Å². The Balaban J connectivity index is 3.10. The number of aliphatic hydroxyl groups is 1. The molecule has 16 heavy (non-hydrogen) atoms. The second kappa shape index (κ2) is 4.59. The normalized spacial score (nSPS) is 14.2. The van der Waals surface area contributed by atoms with E-state index >= 15 is 0 Å². The third-order valence-corrected chi connectivity index (χ3v) is 2.42. The van der Waals surface area contributed by atoms with Crippen LogP contribution in [0.15, 0.2) is 12.1 Å². The van der Waals surface area contributed by atoms with Crippen molar-refractivity contribution < 1.29 is 18.3 Å². The molecular formula is C10H11ClF3NO. The predicted molar refractivity (Wildman–Crippen MR) is 54.0 cm³/mol. The topological polar surface area (TPSA) is 33.1 Å². The first-order valence-corrected chi connectivity index (χ1v) is 5.03. The molecular weight excluding hydrogens is 243 g/mol. The zero-order chi connectivity index (χ0) is 12.5. The molecule has 0 saturated heterocycles. The fourth-order valence-electron chi connectivity index (χ4n) is 1.18. The molecule has 2 nitrogen and oxygen atoms in total. The molecule has 1 atom stereocenters. The first kappa shape index (κ1) is 13.3. The Bertz CT molecular complexity index is 379. The summed E-state index contributed by atoms with van der Waals surface area (Å²) < 4.78 is 36.8. The minimum absolute atomic E-state index is 0.143. The van der Waals surface area contributed by atoms with Gasteiger partial charge in [0.15, 0.2) is 0 Å². The molecule has 1 unspecified atom stereocenters. The monoisotopic (exact) mass is 253 g/mol. The second-order valence-corrected chi connectivity index (χ2v) is 4.12. The maximum Gasteiger partial charge on any atom is 0.433 e. The van der Waals surface area contributed by atoms with E-state index in [1.165, 1.54) is 0 Å². The summed E-state index contributed by atoms with van der Waals surface area (Å²) in [4.78, 5) is 3.23. The summed E-state index contributed by atoms with van der Waals surface area (Å²) in [5.41, 5.74) is -0.845. The molecule has 1 heterocycles. The van der Waals surface area contributed by atoms with E-state index in [1.54, 1.807) is 13.8 Å². The van der Waals surface area contributed by atoms with Crippen molar-refractivity contribution in [2.45, 2.75) is 26.1 Å². The summed E-state index contributed by atoms with van der Waals surface area (Å²) in [6.07, 6.45) is -5.44. The summed E-state index contributed by atoms with van der Waals surface area (Å²) in [6, 6.07) is 1.97. The number of hydrogen-bond acceptors (Lipinski definition) is 2. The Morgan fingerprint density at radius 2 is 1.88 bits per heavy atom. The first-order chi connectivity index (χ1) is 7.23. The first-order valence-electron chi connectivity index (χ1n) is 4.65. The van der Waals surface area contributed by atoms with Crippen LogP contribution in [0.3, 0.4) is 0 Å². The average molecular weight is 254 g/mol. The number of nitrogens with zero attached hydrogens (tertiary/aromatic N) is 1. The second-order valence-electron chi connectivity index (χ2n) is 3.76. The Labute approximate surface area is 96.1 Å². The quantitative estimate of drug-likeness (QED) is 0.819. The third-order valence-electron chi connectivity index (χ3n) is 2.12. The molecule has 0 amide bonds. The van der Waals surface area contributed by atoms with E-state index in [2.05, 4.69) is 4.98 Å². The van der Waals surface area contributed by atoms with Crippen molar-refractivity contribution in [1.82, 2.24) is 4.98 Å². The maximum atomic E-state index is 12.3. The number of hydrogen-bond donors (Lipinski definition) is 1. The van der Waals surface area contributed by atoms with Gasteiger partial charge in [-0.3, -0.25) is 0 Å². The standard InChI is InChI=1S/C10H11ClF3NO/c1-5(2)8(16)6-3-4-7(10(12,13)14)15-9(6)11/h3-5,8,16H,1-2H3. The van der Waals surface area contributed by atoms with Crippen LogP contribution in [-0.2, 0) is 6.18 Å². The van der Waals surface area contributed by atoms with Crippen molar-refractivity contribution in [2.24, 2.45) is 5.92 Å². The largest absolute Gasteiger partial charge is 0.433 e. The summed E-state index contributed by atoms with van der Waals surface area (Å²) in [5.74, 6) is -0.143. The van der Waals surface area contributed by atoms with Crippen LogP contribution >= 0.6 is 11.6 Å².